The van der Waals surface area contributed by atoms with Gasteiger partial charge in [-0.1, -0.05) is 11.8 Å². The second-order valence-corrected chi connectivity index (χ2v) is 11.1. The van der Waals surface area contributed by atoms with Gasteiger partial charge in [0.05, 0.1) is 12.1 Å². The van der Waals surface area contributed by atoms with Crippen molar-refractivity contribution < 1.29 is 14.6 Å². The third-order valence-electron chi connectivity index (χ3n) is 6.65. The molecule has 1 amide bonds. The van der Waals surface area contributed by atoms with Gasteiger partial charge in [-0.25, -0.2) is 9.97 Å². The number of pyridine rings is 1. The van der Waals surface area contributed by atoms with Crippen LogP contribution in [0.4, 0.5) is 5.82 Å². The largest absolute Gasteiger partial charge is 0.493 e. The average molecular weight is 593 g/mol. The molecule has 1 aromatic carbocycles. The fourth-order valence-electron chi connectivity index (χ4n) is 4.72. The third-order valence-corrected chi connectivity index (χ3v) is 8.96. The second-order valence-electron chi connectivity index (χ2n) is 8.93. The van der Waals surface area contributed by atoms with E-state index >= 15 is 0 Å². The number of aliphatic hydroxyl groups excluding tert-OH is 1. The minimum atomic E-state index is -0.931. The van der Waals surface area contributed by atoms with Gasteiger partial charge < -0.3 is 25.0 Å². The number of fused-ring (bicyclic) bond motifs is 2. The molecule has 0 saturated carbocycles. The standard InChI is InChI=1S/C24H28IN5O3S/c1-14(31)23(32)29-8-3-15(4-9-29)5-10-30-18-2-7-27-22(26)21(18)28-24(30)34-20-13-19-16(6-11-33-19)12-17(20)25/h2,7,12-15,31H,3-6,8-11H2,1H3,(H2,26,27)/t14-/m0/s1. The number of anilines is 1. The van der Waals surface area contributed by atoms with Crippen molar-refractivity contribution in [2.75, 3.05) is 25.4 Å². The number of carbonyl (C=O) groups is 1. The highest BCUT2D eigenvalue weighted by Crippen LogP contribution is 2.39. The number of hydrogen-bond donors (Lipinski definition) is 2. The van der Waals surface area contributed by atoms with Crippen molar-refractivity contribution in [3.8, 4) is 5.75 Å². The number of amides is 1. The van der Waals surface area contributed by atoms with Gasteiger partial charge in [0.2, 0.25) is 0 Å². The Morgan fingerprint density at radius 1 is 1.38 bits per heavy atom. The lowest BCUT2D eigenvalue weighted by molar-refractivity contribution is -0.140. The lowest BCUT2D eigenvalue weighted by Gasteiger charge is -2.32. The summed E-state index contributed by atoms with van der Waals surface area (Å²) >= 11 is 4.02. The van der Waals surface area contributed by atoms with Gasteiger partial charge >= 0.3 is 0 Å². The number of benzene rings is 1. The van der Waals surface area contributed by atoms with Crippen LogP contribution in [0.3, 0.4) is 0 Å². The minimum Gasteiger partial charge on any atom is -0.493 e. The second kappa shape index (κ2) is 9.90. The minimum absolute atomic E-state index is 0.173. The molecule has 5 rings (SSSR count). The number of carbonyl (C=O) groups excluding carboxylic acids is 1. The molecule has 2 aromatic heterocycles. The Morgan fingerprint density at radius 2 is 2.18 bits per heavy atom. The van der Waals surface area contributed by atoms with Crippen LogP contribution in [0.1, 0.15) is 31.7 Å². The molecule has 8 nitrogen and oxygen atoms in total. The van der Waals surface area contributed by atoms with E-state index < -0.39 is 6.10 Å². The zero-order chi connectivity index (χ0) is 23.8. The van der Waals surface area contributed by atoms with Crippen molar-refractivity contribution in [1.82, 2.24) is 19.4 Å². The van der Waals surface area contributed by atoms with Crippen LogP contribution in [0.5, 0.6) is 5.75 Å². The number of likely N-dealkylation sites (tertiary alicyclic amines) is 1. The number of aliphatic hydroxyl groups is 1. The quantitative estimate of drug-likeness (QED) is 0.420. The Labute approximate surface area is 216 Å². The first-order valence-electron chi connectivity index (χ1n) is 11.6. The molecule has 180 valence electrons. The third kappa shape index (κ3) is 4.72. The highest BCUT2D eigenvalue weighted by atomic mass is 127. The van der Waals surface area contributed by atoms with Crippen LogP contribution < -0.4 is 10.5 Å². The van der Waals surface area contributed by atoms with E-state index in [1.807, 2.05) is 6.07 Å². The van der Waals surface area contributed by atoms with Crippen molar-refractivity contribution in [2.24, 2.45) is 5.92 Å². The Kier molecular flexibility index (Phi) is 6.90. The lowest BCUT2D eigenvalue weighted by atomic mass is 9.93. The molecule has 4 heterocycles. The fourth-order valence-corrected chi connectivity index (χ4v) is 6.53. The van der Waals surface area contributed by atoms with Gasteiger partial charge in [-0.2, -0.15) is 0 Å². The van der Waals surface area contributed by atoms with Crippen molar-refractivity contribution in [2.45, 2.75) is 55.3 Å². The molecule has 0 bridgehead atoms. The zero-order valence-corrected chi connectivity index (χ0v) is 22.0. The first-order chi connectivity index (χ1) is 16.4. The summed E-state index contributed by atoms with van der Waals surface area (Å²) < 4.78 is 9.22. The fraction of sp³-hybridized carbons (Fsp3) is 0.458. The van der Waals surface area contributed by atoms with Crippen molar-refractivity contribution in [3.63, 3.8) is 0 Å². The molecular weight excluding hydrogens is 565 g/mol. The molecule has 34 heavy (non-hydrogen) atoms. The molecule has 3 aromatic rings. The predicted molar refractivity (Wildman–Crippen MR) is 140 cm³/mol. The number of aryl methyl sites for hydroxylation is 1. The van der Waals surface area contributed by atoms with Crippen molar-refractivity contribution in [3.05, 3.63) is 33.5 Å². The molecule has 1 saturated heterocycles. The van der Waals surface area contributed by atoms with Gasteiger partial charge in [0.15, 0.2) is 11.0 Å². The van der Waals surface area contributed by atoms with Crippen LogP contribution in [-0.2, 0) is 17.8 Å². The maximum atomic E-state index is 12.1. The Balaban J connectivity index is 1.36. The number of nitrogens with zero attached hydrogens (tertiary/aromatic N) is 4. The van der Waals surface area contributed by atoms with Crippen LogP contribution in [0.2, 0.25) is 0 Å². The molecule has 10 heteroatoms. The first kappa shape index (κ1) is 23.7. The summed E-state index contributed by atoms with van der Waals surface area (Å²) in [6.07, 6.45) is 4.63. The van der Waals surface area contributed by atoms with E-state index in [0.717, 1.165) is 65.7 Å². The number of nitrogens with two attached hydrogens (primary N) is 1. The molecule has 0 radical (unpaired) electrons. The van der Waals surface area contributed by atoms with E-state index in [1.54, 1.807) is 22.9 Å². The monoisotopic (exact) mass is 593 g/mol. The van der Waals surface area contributed by atoms with E-state index in [-0.39, 0.29) is 5.91 Å². The summed E-state index contributed by atoms with van der Waals surface area (Å²) in [5, 5.41) is 10.5. The van der Waals surface area contributed by atoms with E-state index in [1.165, 1.54) is 16.1 Å². The maximum absolute atomic E-state index is 12.1. The van der Waals surface area contributed by atoms with Crippen molar-refractivity contribution in [1.29, 1.82) is 0 Å². The molecule has 3 N–H and O–H groups in total. The molecule has 0 spiro atoms. The Morgan fingerprint density at radius 3 is 2.94 bits per heavy atom. The van der Waals surface area contributed by atoms with Crippen LogP contribution in [0.15, 0.2) is 34.4 Å². The topological polar surface area (TPSA) is 106 Å². The SMILES string of the molecule is C[C@H](O)C(=O)N1CCC(CCn2c(Sc3cc4c(cc3I)CCO4)nc3c(N)nccc32)CC1. The molecule has 2 aliphatic heterocycles. The Hall–Kier alpha value is -2.05. The summed E-state index contributed by atoms with van der Waals surface area (Å²) in [4.78, 5) is 24.1. The normalized spacial score (nSPS) is 17.1. The lowest BCUT2D eigenvalue weighted by Crippen LogP contribution is -2.43. The highest BCUT2D eigenvalue weighted by Gasteiger charge is 2.26. The van der Waals surface area contributed by atoms with Gasteiger partial charge in [-0.05, 0) is 78.5 Å². The molecule has 0 unspecified atom stereocenters. The Bertz CT molecular complexity index is 1220. The average Bonchev–Trinajstić information content (AvgIpc) is 3.42. The number of hydrogen-bond acceptors (Lipinski definition) is 7. The molecular formula is C24H28IN5O3S. The van der Waals surface area contributed by atoms with Gasteiger partial charge in [-0.3, -0.25) is 4.79 Å². The van der Waals surface area contributed by atoms with E-state index in [9.17, 15) is 9.90 Å². The maximum Gasteiger partial charge on any atom is 0.251 e. The number of nitrogen functional groups attached to an aromatic ring is 1. The van der Waals surface area contributed by atoms with Crippen molar-refractivity contribution >= 4 is 57.1 Å². The number of rotatable bonds is 6. The first-order valence-corrected chi connectivity index (χ1v) is 13.5. The van der Waals surface area contributed by atoms with E-state index in [2.05, 4.69) is 44.3 Å². The van der Waals surface area contributed by atoms with Crippen LogP contribution >= 0.6 is 34.4 Å². The van der Waals surface area contributed by atoms with E-state index in [0.29, 0.717) is 24.8 Å². The van der Waals surface area contributed by atoms with Crippen LogP contribution in [0, 0.1) is 9.49 Å². The number of aromatic nitrogens is 3. The van der Waals surface area contributed by atoms with Gasteiger partial charge in [-0.15, -0.1) is 0 Å². The molecule has 1 atom stereocenters. The number of ether oxygens (including phenoxy) is 1. The number of piperidine rings is 1. The van der Waals surface area contributed by atoms with E-state index in [4.69, 9.17) is 15.5 Å². The molecule has 1 fully saturated rings. The van der Waals surface area contributed by atoms with Crippen LogP contribution in [-0.4, -0.2) is 56.2 Å². The van der Waals surface area contributed by atoms with Gasteiger partial charge in [0, 0.05) is 40.7 Å². The molecule has 2 aliphatic rings. The summed E-state index contributed by atoms with van der Waals surface area (Å²) in [5.74, 6) is 1.75. The number of halogens is 1. The smallest absolute Gasteiger partial charge is 0.251 e. The van der Waals surface area contributed by atoms with Gasteiger partial charge in [0.1, 0.15) is 17.4 Å². The van der Waals surface area contributed by atoms with Gasteiger partial charge in [0.25, 0.3) is 5.91 Å². The molecule has 0 aliphatic carbocycles. The summed E-state index contributed by atoms with van der Waals surface area (Å²) in [5.41, 5.74) is 9.15. The zero-order valence-electron chi connectivity index (χ0n) is 19.0. The highest BCUT2D eigenvalue weighted by molar-refractivity contribution is 14.1. The van der Waals surface area contributed by atoms with Crippen LogP contribution in [0.25, 0.3) is 11.0 Å². The predicted octanol–water partition coefficient (Wildman–Crippen LogP) is 3.71. The summed E-state index contributed by atoms with van der Waals surface area (Å²) in [6, 6.07) is 6.30. The summed E-state index contributed by atoms with van der Waals surface area (Å²) in [7, 11) is 0. The number of imidazole rings is 1. The summed E-state index contributed by atoms with van der Waals surface area (Å²) in [6.45, 7) is 4.49.